The number of carbonyl (C=O) groups excluding carboxylic acids is 1. The summed E-state index contributed by atoms with van der Waals surface area (Å²) in [6.07, 6.45) is 0. The summed E-state index contributed by atoms with van der Waals surface area (Å²) < 4.78 is 10.8. The Labute approximate surface area is 160 Å². The van der Waals surface area contributed by atoms with Gasteiger partial charge in [-0.3, -0.25) is 4.79 Å². The molecular formula is C21H27N3O3. The third-order valence-corrected chi connectivity index (χ3v) is 4.94. The second-order valence-corrected chi connectivity index (χ2v) is 6.73. The first-order valence-corrected chi connectivity index (χ1v) is 9.07. The molecule has 2 aromatic carbocycles. The maximum Gasteiger partial charge on any atom is 0.261 e. The van der Waals surface area contributed by atoms with Gasteiger partial charge in [0.2, 0.25) is 0 Å². The number of piperazine rings is 1. The highest BCUT2D eigenvalue weighted by Crippen LogP contribution is 2.30. The van der Waals surface area contributed by atoms with Crippen molar-refractivity contribution < 1.29 is 14.3 Å². The number of ether oxygens (including phenoxy) is 2. The Balaban J connectivity index is 1.70. The number of hydrogen-bond acceptors (Lipinski definition) is 5. The zero-order valence-corrected chi connectivity index (χ0v) is 16.4. The lowest BCUT2D eigenvalue weighted by Crippen LogP contribution is -2.48. The molecule has 1 aliphatic rings. The third-order valence-electron chi connectivity index (χ3n) is 4.94. The smallest absolute Gasteiger partial charge is 0.261 e. The normalized spacial score (nSPS) is 14.1. The molecule has 0 radical (unpaired) electrons. The third kappa shape index (κ3) is 3.94. The molecule has 1 saturated heterocycles. The molecule has 0 N–H and O–H groups in total. The van der Waals surface area contributed by atoms with Crippen LogP contribution < -0.4 is 19.3 Å². The van der Waals surface area contributed by atoms with Gasteiger partial charge in [0, 0.05) is 51.6 Å². The van der Waals surface area contributed by atoms with E-state index in [1.54, 1.807) is 26.4 Å². The fourth-order valence-electron chi connectivity index (χ4n) is 3.35. The van der Waals surface area contributed by atoms with E-state index in [1.807, 2.05) is 25.1 Å². The standard InChI is InChI=1S/C21H27N3O3/c1-22(2)16-8-10-17(11-9-16)23-12-14-24(15-13-23)21(25)20-18(26-3)6-5-7-19(20)27-4/h5-11H,12-15H2,1-4H3. The first-order valence-electron chi connectivity index (χ1n) is 9.07. The summed E-state index contributed by atoms with van der Waals surface area (Å²) in [6, 6.07) is 13.9. The number of rotatable bonds is 5. The number of carbonyl (C=O) groups is 1. The second-order valence-electron chi connectivity index (χ2n) is 6.73. The van der Waals surface area contributed by atoms with E-state index in [2.05, 4.69) is 34.1 Å². The van der Waals surface area contributed by atoms with E-state index in [0.29, 0.717) is 30.2 Å². The predicted octanol–water partition coefficient (Wildman–Crippen LogP) is 2.73. The van der Waals surface area contributed by atoms with Gasteiger partial charge in [0.15, 0.2) is 0 Å². The molecule has 0 spiro atoms. The summed E-state index contributed by atoms with van der Waals surface area (Å²) in [4.78, 5) is 19.3. The average molecular weight is 369 g/mol. The summed E-state index contributed by atoms with van der Waals surface area (Å²) in [6.45, 7) is 2.92. The molecule has 1 aliphatic heterocycles. The minimum absolute atomic E-state index is 0.0492. The van der Waals surface area contributed by atoms with Gasteiger partial charge in [-0.1, -0.05) is 6.07 Å². The van der Waals surface area contributed by atoms with Crippen molar-refractivity contribution in [3.63, 3.8) is 0 Å². The lowest BCUT2D eigenvalue weighted by Gasteiger charge is -2.36. The van der Waals surface area contributed by atoms with Gasteiger partial charge in [-0.05, 0) is 36.4 Å². The van der Waals surface area contributed by atoms with Crippen molar-refractivity contribution in [1.29, 1.82) is 0 Å². The zero-order valence-electron chi connectivity index (χ0n) is 16.4. The van der Waals surface area contributed by atoms with Gasteiger partial charge in [-0.2, -0.15) is 0 Å². The molecule has 3 rings (SSSR count). The van der Waals surface area contributed by atoms with Crippen molar-refractivity contribution >= 4 is 17.3 Å². The maximum absolute atomic E-state index is 13.1. The number of anilines is 2. The maximum atomic E-state index is 13.1. The summed E-state index contributed by atoms with van der Waals surface area (Å²) in [5, 5.41) is 0. The van der Waals surface area contributed by atoms with Crippen LogP contribution in [0.2, 0.25) is 0 Å². The lowest BCUT2D eigenvalue weighted by molar-refractivity contribution is 0.0740. The van der Waals surface area contributed by atoms with E-state index >= 15 is 0 Å². The van der Waals surface area contributed by atoms with Crippen LogP contribution in [0.1, 0.15) is 10.4 Å². The Kier molecular flexibility index (Phi) is 5.74. The molecule has 27 heavy (non-hydrogen) atoms. The van der Waals surface area contributed by atoms with Crippen LogP contribution in [0.5, 0.6) is 11.5 Å². The molecule has 0 aliphatic carbocycles. The van der Waals surface area contributed by atoms with Crippen molar-refractivity contribution in [2.45, 2.75) is 0 Å². The molecule has 0 bridgehead atoms. The molecule has 1 amide bonds. The summed E-state index contributed by atoms with van der Waals surface area (Å²) in [5.41, 5.74) is 2.85. The van der Waals surface area contributed by atoms with Gasteiger partial charge in [-0.15, -0.1) is 0 Å². The molecule has 0 unspecified atom stereocenters. The monoisotopic (exact) mass is 369 g/mol. The molecule has 1 heterocycles. The lowest BCUT2D eigenvalue weighted by atomic mass is 10.1. The van der Waals surface area contributed by atoms with Gasteiger partial charge >= 0.3 is 0 Å². The van der Waals surface area contributed by atoms with Crippen LogP contribution in [0.4, 0.5) is 11.4 Å². The van der Waals surface area contributed by atoms with Gasteiger partial charge < -0.3 is 24.2 Å². The summed E-state index contributed by atoms with van der Waals surface area (Å²) in [7, 11) is 7.21. The van der Waals surface area contributed by atoms with Crippen molar-refractivity contribution in [3.8, 4) is 11.5 Å². The largest absolute Gasteiger partial charge is 0.496 e. The van der Waals surface area contributed by atoms with Gasteiger partial charge in [0.25, 0.3) is 5.91 Å². The van der Waals surface area contributed by atoms with E-state index in [9.17, 15) is 4.79 Å². The number of amides is 1. The minimum Gasteiger partial charge on any atom is -0.496 e. The van der Waals surface area contributed by atoms with Crippen LogP contribution in [0, 0.1) is 0 Å². The van der Waals surface area contributed by atoms with Crippen LogP contribution >= 0.6 is 0 Å². The summed E-state index contributed by atoms with van der Waals surface area (Å²) in [5.74, 6) is 1.04. The van der Waals surface area contributed by atoms with Crippen LogP contribution in [0.25, 0.3) is 0 Å². The van der Waals surface area contributed by atoms with Gasteiger partial charge in [0.05, 0.1) is 14.2 Å². The number of benzene rings is 2. The Bertz CT molecular complexity index is 760. The van der Waals surface area contributed by atoms with E-state index in [0.717, 1.165) is 13.1 Å². The van der Waals surface area contributed by atoms with E-state index in [1.165, 1.54) is 11.4 Å². The molecule has 0 aromatic heterocycles. The highest BCUT2D eigenvalue weighted by atomic mass is 16.5. The number of nitrogens with zero attached hydrogens (tertiary/aromatic N) is 3. The van der Waals surface area contributed by atoms with E-state index in [-0.39, 0.29) is 5.91 Å². The highest BCUT2D eigenvalue weighted by molar-refractivity contribution is 5.99. The fourth-order valence-corrected chi connectivity index (χ4v) is 3.35. The molecule has 6 nitrogen and oxygen atoms in total. The van der Waals surface area contributed by atoms with E-state index < -0.39 is 0 Å². The molecule has 144 valence electrons. The Morgan fingerprint density at radius 1 is 0.889 bits per heavy atom. The average Bonchev–Trinajstić information content (AvgIpc) is 2.72. The van der Waals surface area contributed by atoms with Crippen molar-refractivity contribution in [1.82, 2.24) is 4.90 Å². The van der Waals surface area contributed by atoms with Crippen LogP contribution in [-0.4, -0.2) is 65.3 Å². The molecule has 1 fully saturated rings. The zero-order chi connectivity index (χ0) is 19.4. The highest BCUT2D eigenvalue weighted by Gasteiger charge is 2.27. The van der Waals surface area contributed by atoms with Gasteiger partial charge in [0.1, 0.15) is 17.1 Å². The number of methoxy groups -OCH3 is 2. The Morgan fingerprint density at radius 2 is 1.44 bits per heavy atom. The Hall–Kier alpha value is -2.89. The fraction of sp³-hybridized carbons (Fsp3) is 0.381. The minimum atomic E-state index is -0.0492. The SMILES string of the molecule is COc1cccc(OC)c1C(=O)N1CCN(c2ccc(N(C)C)cc2)CC1. The second kappa shape index (κ2) is 8.20. The van der Waals surface area contributed by atoms with Crippen LogP contribution in [-0.2, 0) is 0 Å². The summed E-state index contributed by atoms with van der Waals surface area (Å²) >= 11 is 0. The number of hydrogen-bond donors (Lipinski definition) is 0. The van der Waals surface area contributed by atoms with Gasteiger partial charge in [-0.25, -0.2) is 0 Å². The first kappa shape index (κ1) is 18.9. The van der Waals surface area contributed by atoms with Crippen molar-refractivity contribution in [3.05, 3.63) is 48.0 Å². The van der Waals surface area contributed by atoms with Crippen molar-refractivity contribution in [2.75, 3.05) is 64.3 Å². The van der Waals surface area contributed by atoms with Crippen molar-refractivity contribution in [2.24, 2.45) is 0 Å². The molecule has 0 atom stereocenters. The molecule has 0 saturated carbocycles. The molecule has 6 heteroatoms. The Morgan fingerprint density at radius 3 is 1.93 bits per heavy atom. The topological polar surface area (TPSA) is 45.3 Å². The molecule has 2 aromatic rings. The molecular weight excluding hydrogens is 342 g/mol. The van der Waals surface area contributed by atoms with E-state index in [4.69, 9.17) is 9.47 Å². The van der Waals surface area contributed by atoms with Crippen LogP contribution in [0.15, 0.2) is 42.5 Å². The predicted molar refractivity (Wildman–Crippen MR) is 108 cm³/mol. The first-order chi connectivity index (χ1) is 13.0. The quantitative estimate of drug-likeness (QED) is 0.811. The van der Waals surface area contributed by atoms with Crippen LogP contribution in [0.3, 0.4) is 0 Å².